The zero-order chi connectivity index (χ0) is 13.7. The summed E-state index contributed by atoms with van der Waals surface area (Å²) in [5, 5.41) is 0. The summed E-state index contributed by atoms with van der Waals surface area (Å²) in [5.41, 5.74) is 6.71. The van der Waals surface area contributed by atoms with Crippen molar-refractivity contribution in [3.63, 3.8) is 0 Å². The van der Waals surface area contributed by atoms with Gasteiger partial charge in [-0.15, -0.1) is 11.8 Å². The fraction of sp³-hybridized carbons (Fsp3) is 0.143. The molecule has 0 unspecified atom stereocenters. The van der Waals surface area contributed by atoms with Crippen molar-refractivity contribution in [2.75, 3.05) is 18.1 Å². The van der Waals surface area contributed by atoms with Crippen molar-refractivity contribution in [2.45, 2.75) is 4.90 Å². The number of anilines is 1. The van der Waals surface area contributed by atoms with Gasteiger partial charge in [-0.3, -0.25) is 0 Å². The normalized spacial score (nSPS) is 10.4. The second kappa shape index (κ2) is 7.22. The minimum Gasteiger partial charge on any atom is -0.493 e. The Morgan fingerprint density at radius 3 is 2.42 bits per heavy atom. The van der Waals surface area contributed by atoms with Crippen molar-refractivity contribution < 1.29 is 4.74 Å². The molecule has 0 aliphatic carbocycles. The minimum atomic E-state index is 0.651. The van der Waals surface area contributed by atoms with Gasteiger partial charge >= 0.3 is 0 Å². The molecular formula is C14H13Br2NOS. The predicted molar refractivity (Wildman–Crippen MR) is 88.9 cm³/mol. The highest BCUT2D eigenvalue weighted by Crippen LogP contribution is 2.28. The van der Waals surface area contributed by atoms with E-state index in [1.165, 1.54) is 0 Å². The van der Waals surface area contributed by atoms with Crippen LogP contribution in [0.2, 0.25) is 0 Å². The lowest BCUT2D eigenvalue weighted by atomic mass is 10.3. The molecule has 0 atom stereocenters. The highest BCUT2D eigenvalue weighted by atomic mass is 79.9. The molecule has 2 nitrogen and oxygen atoms in total. The summed E-state index contributed by atoms with van der Waals surface area (Å²) >= 11 is 8.53. The second-order valence-electron chi connectivity index (χ2n) is 3.83. The highest BCUT2D eigenvalue weighted by molar-refractivity contribution is 9.10. The summed E-state index contributed by atoms with van der Waals surface area (Å²) in [6, 6.07) is 13.7. The number of nitrogen functional groups attached to an aromatic ring is 1. The van der Waals surface area contributed by atoms with Crippen molar-refractivity contribution in [1.29, 1.82) is 0 Å². The smallest absolute Gasteiger partial charge is 0.119 e. The molecule has 5 heteroatoms. The number of benzene rings is 2. The van der Waals surface area contributed by atoms with Crippen LogP contribution in [0.1, 0.15) is 0 Å². The van der Waals surface area contributed by atoms with E-state index >= 15 is 0 Å². The van der Waals surface area contributed by atoms with E-state index in [1.54, 1.807) is 11.8 Å². The molecule has 19 heavy (non-hydrogen) atoms. The lowest BCUT2D eigenvalue weighted by molar-refractivity contribution is 0.344. The number of thioether (sulfide) groups is 1. The summed E-state index contributed by atoms with van der Waals surface area (Å²) in [7, 11) is 0. The Labute approximate surface area is 134 Å². The van der Waals surface area contributed by atoms with E-state index in [4.69, 9.17) is 10.5 Å². The van der Waals surface area contributed by atoms with Crippen LogP contribution >= 0.6 is 43.6 Å². The van der Waals surface area contributed by atoms with Gasteiger partial charge in [0.05, 0.1) is 6.61 Å². The molecule has 0 aliphatic rings. The minimum absolute atomic E-state index is 0.651. The molecule has 2 N–H and O–H groups in total. The first kappa shape index (κ1) is 14.8. The summed E-state index contributed by atoms with van der Waals surface area (Å²) in [5.74, 6) is 1.74. The van der Waals surface area contributed by atoms with Gasteiger partial charge in [-0.1, -0.05) is 31.9 Å². The molecule has 0 fully saturated rings. The summed E-state index contributed by atoms with van der Waals surface area (Å²) in [4.78, 5) is 1.08. The van der Waals surface area contributed by atoms with Gasteiger partial charge in [0.1, 0.15) is 5.75 Å². The Bertz CT molecular complexity index is 546. The summed E-state index contributed by atoms with van der Waals surface area (Å²) in [6.45, 7) is 0.651. The van der Waals surface area contributed by atoms with E-state index in [0.29, 0.717) is 6.61 Å². The van der Waals surface area contributed by atoms with Crippen molar-refractivity contribution in [3.05, 3.63) is 51.4 Å². The Kier molecular flexibility index (Phi) is 5.60. The maximum absolute atomic E-state index is 5.91. The fourth-order valence-corrected chi connectivity index (χ4v) is 3.08. The summed E-state index contributed by atoms with van der Waals surface area (Å²) in [6.07, 6.45) is 0. The topological polar surface area (TPSA) is 35.2 Å². The van der Waals surface area contributed by atoms with E-state index in [1.807, 2.05) is 42.5 Å². The first-order chi connectivity index (χ1) is 9.15. The monoisotopic (exact) mass is 401 g/mol. The lowest BCUT2D eigenvalue weighted by Gasteiger charge is -2.08. The average molecular weight is 403 g/mol. The van der Waals surface area contributed by atoms with Crippen LogP contribution in [0.25, 0.3) is 0 Å². The molecule has 0 heterocycles. The maximum Gasteiger partial charge on any atom is 0.119 e. The van der Waals surface area contributed by atoms with E-state index in [-0.39, 0.29) is 0 Å². The van der Waals surface area contributed by atoms with Crippen molar-refractivity contribution in [3.8, 4) is 5.75 Å². The Morgan fingerprint density at radius 2 is 1.68 bits per heavy atom. The van der Waals surface area contributed by atoms with Crippen LogP contribution in [-0.2, 0) is 0 Å². The zero-order valence-electron chi connectivity index (χ0n) is 10.1. The number of hydrogen-bond donors (Lipinski definition) is 1. The van der Waals surface area contributed by atoms with E-state index in [2.05, 4.69) is 31.9 Å². The number of hydrogen-bond acceptors (Lipinski definition) is 3. The van der Waals surface area contributed by atoms with Gasteiger partial charge in [-0.25, -0.2) is 0 Å². The van der Waals surface area contributed by atoms with E-state index in [0.717, 1.165) is 31.0 Å². The Balaban J connectivity index is 1.80. The molecule has 0 radical (unpaired) electrons. The molecule has 0 saturated carbocycles. The molecule has 2 rings (SSSR count). The second-order valence-corrected chi connectivity index (χ2v) is 6.80. The molecule has 2 aromatic rings. The third-order valence-electron chi connectivity index (χ3n) is 2.40. The molecule has 0 spiro atoms. The van der Waals surface area contributed by atoms with Gasteiger partial charge in [0, 0.05) is 25.3 Å². The van der Waals surface area contributed by atoms with Crippen LogP contribution in [0.4, 0.5) is 5.69 Å². The van der Waals surface area contributed by atoms with Crippen LogP contribution in [0.3, 0.4) is 0 Å². The van der Waals surface area contributed by atoms with Gasteiger partial charge in [-0.05, 0) is 42.5 Å². The molecule has 0 aromatic heterocycles. The standard InChI is InChI=1S/C14H13Br2NOS/c15-10-1-4-12(5-2-10)18-7-8-19-14-9-11(16)3-6-13(14)17/h1-6,9H,7-8,17H2. The number of ether oxygens (including phenoxy) is 1. The fourth-order valence-electron chi connectivity index (χ4n) is 1.48. The van der Waals surface area contributed by atoms with Crippen molar-refractivity contribution in [1.82, 2.24) is 0 Å². The maximum atomic E-state index is 5.91. The zero-order valence-corrected chi connectivity index (χ0v) is 14.1. The van der Waals surface area contributed by atoms with Gasteiger partial charge in [0.15, 0.2) is 0 Å². The molecule has 0 saturated heterocycles. The third kappa shape index (κ3) is 4.75. The third-order valence-corrected chi connectivity index (χ3v) is 4.46. The largest absolute Gasteiger partial charge is 0.493 e. The van der Waals surface area contributed by atoms with Crippen LogP contribution < -0.4 is 10.5 Å². The quantitative estimate of drug-likeness (QED) is 0.435. The van der Waals surface area contributed by atoms with Gasteiger partial charge < -0.3 is 10.5 Å². The van der Waals surface area contributed by atoms with E-state index in [9.17, 15) is 0 Å². The van der Waals surface area contributed by atoms with Crippen LogP contribution in [0.5, 0.6) is 5.75 Å². The SMILES string of the molecule is Nc1ccc(Br)cc1SCCOc1ccc(Br)cc1. The Morgan fingerprint density at radius 1 is 1.00 bits per heavy atom. The molecule has 0 aliphatic heterocycles. The highest BCUT2D eigenvalue weighted by Gasteiger charge is 2.01. The summed E-state index contributed by atoms with van der Waals surface area (Å²) < 4.78 is 7.75. The Hall–Kier alpha value is -0.650. The van der Waals surface area contributed by atoms with Crippen LogP contribution in [0, 0.1) is 0 Å². The van der Waals surface area contributed by atoms with Gasteiger partial charge in [-0.2, -0.15) is 0 Å². The molecular weight excluding hydrogens is 390 g/mol. The first-order valence-corrected chi connectivity index (χ1v) is 8.28. The van der Waals surface area contributed by atoms with Crippen LogP contribution in [-0.4, -0.2) is 12.4 Å². The van der Waals surface area contributed by atoms with Gasteiger partial charge in [0.2, 0.25) is 0 Å². The molecule has 100 valence electrons. The molecule has 0 amide bonds. The number of nitrogens with two attached hydrogens (primary N) is 1. The van der Waals surface area contributed by atoms with Gasteiger partial charge in [0.25, 0.3) is 0 Å². The first-order valence-electron chi connectivity index (χ1n) is 5.71. The van der Waals surface area contributed by atoms with Crippen molar-refractivity contribution >= 4 is 49.3 Å². The van der Waals surface area contributed by atoms with Crippen molar-refractivity contribution in [2.24, 2.45) is 0 Å². The molecule has 0 bridgehead atoms. The number of rotatable bonds is 5. The van der Waals surface area contributed by atoms with E-state index < -0.39 is 0 Å². The lowest BCUT2D eigenvalue weighted by Crippen LogP contribution is -2.00. The predicted octanol–water partition coefficient (Wildman–Crippen LogP) is 4.96. The molecule has 2 aromatic carbocycles. The number of halogens is 2. The van der Waals surface area contributed by atoms with Crippen LogP contribution in [0.15, 0.2) is 56.3 Å². The average Bonchev–Trinajstić information content (AvgIpc) is 2.40.